The van der Waals surface area contributed by atoms with Crippen molar-refractivity contribution in [1.82, 2.24) is 9.78 Å². The molecule has 0 spiro atoms. The first-order valence-electron chi connectivity index (χ1n) is 13.6. The van der Waals surface area contributed by atoms with Gasteiger partial charge in [0.2, 0.25) is 5.91 Å². The molecule has 0 unspecified atom stereocenters. The van der Waals surface area contributed by atoms with Crippen LogP contribution in [0.2, 0.25) is 0 Å². The van der Waals surface area contributed by atoms with E-state index in [1.807, 2.05) is 66.7 Å². The zero-order valence-electron chi connectivity index (χ0n) is 21.8. The molecule has 198 valence electrons. The Bertz CT molecular complexity index is 1270. The van der Waals surface area contributed by atoms with Crippen molar-refractivity contribution in [1.29, 1.82) is 0 Å². The average Bonchev–Trinajstić information content (AvgIpc) is 3.39. The summed E-state index contributed by atoms with van der Waals surface area (Å²) in [5.74, 6) is -0.332. The second kappa shape index (κ2) is 11.8. The number of benzene rings is 2. The Hall–Kier alpha value is -3.71. The number of carboxylic acid groups (broad SMARTS) is 1. The third-order valence-corrected chi connectivity index (χ3v) is 7.74. The van der Waals surface area contributed by atoms with Gasteiger partial charge in [-0.3, -0.25) is 9.69 Å². The Kier molecular flexibility index (Phi) is 8.03. The summed E-state index contributed by atoms with van der Waals surface area (Å²) in [4.78, 5) is 27.9. The summed E-state index contributed by atoms with van der Waals surface area (Å²) in [5, 5.41) is 14.8. The van der Waals surface area contributed by atoms with Crippen molar-refractivity contribution in [3.8, 4) is 5.69 Å². The van der Waals surface area contributed by atoms with E-state index in [1.165, 1.54) is 6.20 Å². The summed E-state index contributed by atoms with van der Waals surface area (Å²) in [6.45, 7) is 3.33. The van der Waals surface area contributed by atoms with Crippen molar-refractivity contribution < 1.29 is 19.4 Å². The maximum atomic E-state index is 13.9. The smallest absolute Gasteiger partial charge is 0.341 e. The van der Waals surface area contributed by atoms with Gasteiger partial charge in [-0.15, -0.1) is 5.10 Å². The molecule has 7 heteroatoms. The zero-order chi connectivity index (χ0) is 26.5. The molecule has 1 saturated heterocycles. The van der Waals surface area contributed by atoms with Crippen LogP contribution in [0.25, 0.3) is 17.8 Å². The van der Waals surface area contributed by atoms with Crippen LogP contribution >= 0.6 is 0 Å². The van der Waals surface area contributed by atoms with Gasteiger partial charge in [-0.2, -0.15) is 0 Å². The maximum Gasteiger partial charge on any atom is 0.341 e. The Labute approximate surface area is 223 Å². The van der Waals surface area contributed by atoms with E-state index in [9.17, 15) is 14.7 Å². The van der Waals surface area contributed by atoms with Gasteiger partial charge in [-0.1, -0.05) is 61.5 Å². The van der Waals surface area contributed by atoms with Crippen molar-refractivity contribution in [2.24, 2.45) is 11.8 Å². The summed E-state index contributed by atoms with van der Waals surface area (Å²) in [6.07, 6.45) is 10.6. The molecule has 0 atom stereocenters. The molecule has 1 aliphatic carbocycles. The minimum absolute atomic E-state index is 0.00190. The number of nitrogens with zero attached hydrogens (tertiary/aromatic N) is 3. The molecule has 3 aromatic rings. The first-order chi connectivity index (χ1) is 18.5. The van der Waals surface area contributed by atoms with E-state index in [0.717, 1.165) is 42.5 Å². The highest BCUT2D eigenvalue weighted by Crippen LogP contribution is 2.34. The molecule has 2 fully saturated rings. The highest BCUT2D eigenvalue weighted by atomic mass is 16.5. The second-order valence-corrected chi connectivity index (χ2v) is 10.5. The number of hydrogen-bond acceptors (Lipinski definition) is 4. The molecule has 38 heavy (non-hydrogen) atoms. The molecule has 2 heterocycles. The number of aromatic nitrogens is 2. The molecule has 1 amide bonds. The van der Waals surface area contributed by atoms with Gasteiger partial charge in [-0.05, 0) is 67.7 Å². The summed E-state index contributed by atoms with van der Waals surface area (Å²) in [6, 6.07) is 17.7. The fourth-order valence-corrected chi connectivity index (χ4v) is 5.42. The van der Waals surface area contributed by atoms with Gasteiger partial charge >= 0.3 is 5.97 Å². The summed E-state index contributed by atoms with van der Waals surface area (Å²) < 4.78 is 7.13. The summed E-state index contributed by atoms with van der Waals surface area (Å²) >= 11 is 0. The molecular weight excluding hydrogens is 478 g/mol. The molecule has 2 aromatic carbocycles. The van der Waals surface area contributed by atoms with Crippen LogP contribution in [0.15, 0.2) is 60.8 Å². The largest absolute Gasteiger partial charge is 0.477 e. The van der Waals surface area contributed by atoms with Crippen LogP contribution in [-0.4, -0.2) is 46.0 Å². The summed E-state index contributed by atoms with van der Waals surface area (Å²) in [7, 11) is 0. The number of carboxylic acids is 1. The van der Waals surface area contributed by atoms with E-state index in [1.54, 1.807) is 9.58 Å². The van der Waals surface area contributed by atoms with Gasteiger partial charge in [0.25, 0.3) is 0 Å². The first kappa shape index (κ1) is 25.9. The second-order valence-electron chi connectivity index (χ2n) is 10.5. The molecule has 0 radical (unpaired) electrons. The number of hydrogen-bond donors (Lipinski definition) is 1. The number of rotatable bonds is 7. The van der Waals surface area contributed by atoms with Crippen molar-refractivity contribution in [3.63, 3.8) is 0 Å². The minimum atomic E-state index is -1.09. The SMILES string of the molecule is CC1CCC(C(=O)N(c2nn(-c3ccc(/C=C/c4ccccc4)cc3)cc2C(=O)O)C2CCOCC2)CC1. The van der Waals surface area contributed by atoms with Gasteiger partial charge in [0, 0.05) is 31.4 Å². The molecule has 7 nitrogen and oxygen atoms in total. The lowest BCUT2D eigenvalue weighted by molar-refractivity contribution is -0.124. The van der Waals surface area contributed by atoms with Crippen LogP contribution < -0.4 is 4.90 Å². The number of ether oxygens (including phenoxy) is 1. The number of carbonyl (C=O) groups is 2. The third kappa shape index (κ3) is 5.89. The molecular formula is C31H35N3O4. The monoisotopic (exact) mass is 513 g/mol. The van der Waals surface area contributed by atoms with Crippen molar-refractivity contribution in [2.45, 2.75) is 51.5 Å². The van der Waals surface area contributed by atoms with E-state index in [2.05, 4.69) is 6.92 Å². The van der Waals surface area contributed by atoms with Crippen molar-refractivity contribution in [3.05, 3.63) is 77.5 Å². The third-order valence-electron chi connectivity index (χ3n) is 7.74. The van der Waals surface area contributed by atoms with E-state index in [0.29, 0.717) is 32.0 Å². The van der Waals surface area contributed by atoms with Crippen molar-refractivity contribution >= 4 is 29.8 Å². The van der Waals surface area contributed by atoms with E-state index >= 15 is 0 Å². The predicted molar refractivity (Wildman–Crippen MR) is 148 cm³/mol. The van der Waals surface area contributed by atoms with E-state index in [4.69, 9.17) is 9.84 Å². The quantitative estimate of drug-likeness (QED) is 0.387. The Morgan fingerprint density at radius 2 is 1.55 bits per heavy atom. The lowest BCUT2D eigenvalue weighted by atomic mass is 9.82. The van der Waals surface area contributed by atoms with E-state index < -0.39 is 5.97 Å². The molecule has 2 aliphatic rings. The molecule has 1 aromatic heterocycles. The van der Waals surface area contributed by atoms with E-state index in [-0.39, 0.29) is 29.2 Å². The lowest BCUT2D eigenvalue weighted by Gasteiger charge is -2.37. The highest BCUT2D eigenvalue weighted by molar-refractivity contribution is 6.02. The molecule has 1 N–H and O–H groups in total. The fourth-order valence-electron chi connectivity index (χ4n) is 5.42. The molecule has 1 saturated carbocycles. The Balaban J connectivity index is 1.44. The number of anilines is 1. The fraction of sp³-hybridized carbons (Fsp3) is 0.387. The van der Waals surface area contributed by atoms with Crippen LogP contribution in [0, 0.1) is 11.8 Å². The van der Waals surface area contributed by atoms with Gasteiger partial charge < -0.3 is 9.84 Å². The zero-order valence-corrected chi connectivity index (χ0v) is 21.8. The topological polar surface area (TPSA) is 84.7 Å². The molecule has 5 rings (SSSR count). The number of carbonyl (C=O) groups excluding carboxylic acids is 1. The Morgan fingerprint density at radius 3 is 2.18 bits per heavy atom. The summed E-state index contributed by atoms with van der Waals surface area (Å²) in [5.41, 5.74) is 2.92. The lowest BCUT2D eigenvalue weighted by Crippen LogP contribution is -2.47. The van der Waals surface area contributed by atoms with Crippen LogP contribution in [-0.2, 0) is 9.53 Å². The maximum absolute atomic E-state index is 13.9. The number of aromatic carboxylic acids is 1. The molecule has 1 aliphatic heterocycles. The Morgan fingerprint density at radius 1 is 0.921 bits per heavy atom. The van der Waals surface area contributed by atoms with Gasteiger partial charge in [0.05, 0.1) is 5.69 Å². The number of amides is 1. The van der Waals surface area contributed by atoms with Gasteiger partial charge in [0.1, 0.15) is 5.56 Å². The normalized spacial score (nSPS) is 20.4. The van der Waals surface area contributed by atoms with Crippen LogP contribution in [0.5, 0.6) is 0 Å². The van der Waals surface area contributed by atoms with Crippen LogP contribution in [0.4, 0.5) is 5.82 Å². The predicted octanol–water partition coefficient (Wildman–Crippen LogP) is 6.08. The minimum Gasteiger partial charge on any atom is -0.477 e. The highest BCUT2D eigenvalue weighted by Gasteiger charge is 2.37. The van der Waals surface area contributed by atoms with Crippen molar-refractivity contribution in [2.75, 3.05) is 18.1 Å². The van der Waals surface area contributed by atoms with Gasteiger partial charge in [-0.25, -0.2) is 9.48 Å². The van der Waals surface area contributed by atoms with Gasteiger partial charge in [0.15, 0.2) is 5.82 Å². The first-order valence-corrected chi connectivity index (χ1v) is 13.6. The van der Waals surface area contributed by atoms with Crippen LogP contribution in [0.1, 0.15) is 66.9 Å². The molecule has 0 bridgehead atoms. The standard InChI is InChI=1S/C31H35N3O4/c1-22-7-13-25(14-8-22)30(35)34(27-17-19-38-20-18-27)29-28(31(36)37)21-33(32-29)26-15-11-24(12-16-26)10-9-23-5-3-2-4-6-23/h2-6,9-12,15-16,21-22,25,27H,7-8,13-14,17-20H2,1H3,(H,36,37)/b10-9+. The average molecular weight is 514 g/mol. The van der Waals surface area contributed by atoms with Crippen LogP contribution in [0.3, 0.4) is 0 Å².